The number of aliphatic hydroxyl groups excluding tert-OH is 5. The minimum Gasteiger partial charge on any atom is -0.394 e. The zero-order valence-electron chi connectivity index (χ0n) is 16.2. The van der Waals surface area contributed by atoms with Crippen LogP contribution >= 0.6 is 0 Å². The van der Waals surface area contributed by atoms with E-state index in [1.807, 2.05) is 54.6 Å². The molecule has 3 aromatic rings. The molecule has 0 aliphatic heterocycles. The maximum atomic E-state index is 9.88. The highest BCUT2D eigenvalue weighted by atomic mass is 16.4. The molecule has 0 saturated heterocycles. The van der Waals surface area contributed by atoms with Crippen molar-refractivity contribution in [3.63, 3.8) is 0 Å². The van der Waals surface area contributed by atoms with Crippen LogP contribution in [0.15, 0.2) is 65.8 Å². The lowest BCUT2D eigenvalue weighted by molar-refractivity contribution is -0.0999. The van der Waals surface area contributed by atoms with E-state index < -0.39 is 31.0 Å². The van der Waals surface area contributed by atoms with Crippen LogP contribution in [0, 0.1) is 0 Å². The number of hydrogen-bond acceptors (Lipinski definition) is 7. The number of fused-ring (bicyclic) bond motifs is 1. The molecule has 0 aliphatic rings. The lowest BCUT2D eigenvalue weighted by Crippen LogP contribution is -2.46. The van der Waals surface area contributed by atoms with Crippen LogP contribution < -0.4 is 0 Å². The summed E-state index contributed by atoms with van der Waals surface area (Å²) in [6, 6.07) is 17.1. The first kappa shape index (κ1) is 21.8. The van der Waals surface area contributed by atoms with Crippen molar-refractivity contribution in [2.24, 2.45) is 4.99 Å². The third kappa shape index (κ3) is 5.35. The molecule has 0 bridgehead atoms. The maximum absolute atomic E-state index is 9.88. The minimum atomic E-state index is -1.69. The van der Waals surface area contributed by atoms with Crippen molar-refractivity contribution in [1.82, 2.24) is 4.98 Å². The van der Waals surface area contributed by atoms with E-state index in [4.69, 9.17) is 5.11 Å². The monoisotopic (exact) mass is 408 g/mol. The molecule has 4 atom stereocenters. The summed E-state index contributed by atoms with van der Waals surface area (Å²) < 4.78 is 0. The summed E-state index contributed by atoms with van der Waals surface area (Å²) in [6.07, 6.45) is 0.424. The Hall–Kier alpha value is -2.94. The Morgan fingerprint density at radius 2 is 1.60 bits per heavy atom. The zero-order chi connectivity index (χ0) is 21.5. The molecule has 1 aromatic heterocycles. The molecule has 0 amide bonds. The quantitative estimate of drug-likeness (QED) is 0.360. The van der Waals surface area contributed by atoms with Crippen LogP contribution in [0.2, 0.25) is 0 Å². The van der Waals surface area contributed by atoms with Gasteiger partial charge in [0.1, 0.15) is 24.4 Å². The molecule has 7 nitrogen and oxygen atoms in total. The van der Waals surface area contributed by atoms with Gasteiger partial charge in [-0.05, 0) is 35.4 Å². The molecule has 5 N–H and O–H groups in total. The number of pyridine rings is 1. The van der Waals surface area contributed by atoms with Crippen molar-refractivity contribution >= 4 is 35.0 Å². The molecule has 0 fully saturated rings. The normalized spacial score (nSPS) is 16.2. The van der Waals surface area contributed by atoms with E-state index in [1.165, 1.54) is 0 Å². The van der Waals surface area contributed by atoms with E-state index in [1.54, 1.807) is 18.3 Å². The molecule has 2 aromatic carbocycles. The fourth-order valence-electron chi connectivity index (χ4n) is 2.91. The van der Waals surface area contributed by atoms with Crippen LogP contribution in [0.1, 0.15) is 11.1 Å². The Morgan fingerprint density at radius 1 is 0.867 bits per heavy atom. The fourth-order valence-corrected chi connectivity index (χ4v) is 2.91. The van der Waals surface area contributed by atoms with E-state index in [9.17, 15) is 20.4 Å². The van der Waals surface area contributed by atoms with Gasteiger partial charge in [-0.1, -0.05) is 42.5 Å². The van der Waals surface area contributed by atoms with E-state index in [0.717, 1.165) is 28.2 Å². The summed E-state index contributed by atoms with van der Waals surface area (Å²) in [5.41, 5.74) is 3.49. The van der Waals surface area contributed by atoms with Crippen LogP contribution in [-0.4, -0.2) is 67.8 Å². The lowest BCUT2D eigenvalue weighted by atomic mass is 10.0. The van der Waals surface area contributed by atoms with Gasteiger partial charge in [-0.3, -0.25) is 9.98 Å². The van der Waals surface area contributed by atoms with Crippen LogP contribution in [0.4, 0.5) is 5.69 Å². The summed E-state index contributed by atoms with van der Waals surface area (Å²) in [4.78, 5) is 8.42. The third-order valence-electron chi connectivity index (χ3n) is 4.69. The topological polar surface area (TPSA) is 126 Å². The summed E-state index contributed by atoms with van der Waals surface area (Å²) >= 11 is 0. The predicted molar refractivity (Wildman–Crippen MR) is 116 cm³/mol. The minimum absolute atomic E-state index is 0.546. The first-order chi connectivity index (χ1) is 14.5. The Labute approximate surface area is 173 Å². The third-order valence-corrected chi connectivity index (χ3v) is 4.69. The summed E-state index contributed by atoms with van der Waals surface area (Å²) in [5.74, 6) is 0. The molecule has 0 radical (unpaired) electrons. The van der Waals surface area contributed by atoms with Crippen LogP contribution in [-0.2, 0) is 0 Å². The van der Waals surface area contributed by atoms with Gasteiger partial charge in [0.2, 0.25) is 0 Å². The highest BCUT2D eigenvalue weighted by molar-refractivity contribution is 5.90. The van der Waals surface area contributed by atoms with Gasteiger partial charge in [0.15, 0.2) is 0 Å². The Morgan fingerprint density at radius 3 is 2.33 bits per heavy atom. The maximum Gasteiger partial charge on any atom is 0.118 e. The number of rotatable bonds is 8. The van der Waals surface area contributed by atoms with Gasteiger partial charge in [0.05, 0.1) is 17.8 Å². The van der Waals surface area contributed by atoms with Crippen LogP contribution in [0.5, 0.6) is 0 Å². The molecular formula is C23H24N2O5. The SMILES string of the molecule is OC[C@H](O)[C@H](O)[C@H](O)[C@H](O)C=Nc1ccc(/C=C\c2ccnc3ccccc23)cc1. The molecule has 7 heteroatoms. The van der Waals surface area contributed by atoms with Gasteiger partial charge in [-0.15, -0.1) is 0 Å². The molecule has 3 rings (SSSR count). The summed E-state index contributed by atoms with van der Waals surface area (Å²) in [7, 11) is 0. The highest BCUT2D eigenvalue weighted by Gasteiger charge is 2.29. The molecule has 156 valence electrons. The average molecular weight is 408 g/mol. The van der Waals surface area contributed by atoms with E-state index in [2.05, 4.69) is 9.98 Å². The molecule has 0 aliphatic carbocycles. The van der Waals surface area contributed by atoms with E-state index >= 15 is 0 Å². The van der Waals surface area contributed by atoms with Crippen LogP contribution in [0.3, 0.4) is 0 Å². The molecule has 0 saturated carbocycles. The number of hydrogen-bond donors (Lipinski definition) is 5. The number of aromatic nitrogens is 1. The second-order valence-corrected chi connectivity index (χ2v) is 6.84. The zero-order valence-corrected chi connectivity index (χ0v) is 16.2. The molecule has 1 heterocycles. The largest absolute Gasteiger partial charge is 0.394 e. The van der Waals surface area contributed by atoms with Crippen molar-refractivity contribution in [2.45, 2.75) is 24.4 Å². The number of para-hydroxylation sites is 1. The second-order valence-electron chi connectivity index (χ2n) is 6.84. The average Bonchev–Trinajstić information content (AvgIpc) is 2.80. The smallest absolute Gasteiger partial charge is 0.118 e. The van der Waals surface area contributed by atoms with Crippen molar-refractivity contribution in [3.05, 3.63) is 71.9 Å². The van der Waals surface area contributed by atoms with E-state index in [0.29, 0.717) is 5.69 Å². The number of nitrogens with zero attached hydrogens (tertiary/aromatic N) is 2. The van der Waals surface area contributed by atoms with Gasteiger partial charge in [-0.2, -0.15) is 0 Å². The summed E-state index contributed by atoms with van der Waals surface area (Å²) in [5, 5.41) is 48.5. The lowest BCUT2D eigenvalue weighted by Gasteiger charge is -2.23. The van der Waals surface area contributed by atoms with Gasteiger partial charge >= 0.3 is 0 Å². The Balaban J connectivity index is 1.66. The van der Waals surface area contributed by atoms with Crippen molar-refractivity contribution < 1.29 is 25.5 Å². The second kappa shape index (κ2) is 10.2. The van der Waals surface area contributed by atoms with E-state index in [-0.39, 0.29) is 0 Å². The Bertz CT molecular complexity index is 1010. The van der Waals surface area contributed by atoms with Crippen LogP contribution in [0.25, 0.3) is 23.1 Å². The standard InChI is InChI=1S/C23H24N2O5/c26-14-21(28)23(30)22(29)20(27)13-25-17-9-6-15(7-10-17)5-8-16-11-12-24-19-4-2-1-3-18(16)19/h1-13,20-23,26-30H,14H2/b8-5-,25-13?/t20-,21+,22-,23+/m1/s1. The van der Waals surface area contributed by atoms with Crippen molar-refractivity contribution in [2.75, 3.05) is 6.61 Å². The number of benzene rings is 2. The van der Waals surface area contributed by atoms with Crippen molar-refractivity contribution in [1.29, 1.82) is 0 Å². The molecule has 0 spiro atoms. The van der Waals surface area contributed by atoms with Crippen molar-refractivity contribution in [3.8, 4) is 0 Å². The molecule has 30 heavy (non-hydrogen) atoms. The first-order valence-electron chi connectivity index (χ1n) is 9.49. The fraction of sp³-hybridized carbons (Fsp3) is 0.217. The van der Waals surface area contributed by atoms with Gasteiger partial charge in [0.25, 0.3) is 0 Å². The number of aliphatic hydroxyl groups is 5. The van der Waals surface area contributed by atoms with Gasteiger partial charge in [-0.25, -0.2) is 0 Å². The molecule has 0 unspecified atom stereocenters. The van der Waals surface area contributed by atoms with Gasteiger partial charge < -0.3 is 25.5 Å². The Kier molecular flexibility index (Phi) is 7.40. The van der Waals surface area contributed by atoms with Gasteiger partial charge in [0, 0.05) is 17.8 Å². The number of aliphatic imine (C=N–C) groups is 1. The highest BCUT2D eigenvalue weighted by Crippen LogP contribution is 2.20. The first-order valence-corrected chi connectivity index (χ1v) is 9.49. The molecular weight excluding hydrogens is 384 g/mol. The summed E-state index contributed by atoms with van der Waals surface area (Å²) in [6.45, 7) is -0.730. The predicted octanol–water partition coefficient (Wildman–Crippen LogP) is 1.54.